The normalized spacial score (nSPS) is 12.0. The second kappa shape index (κ2) is 17.9. The van der Waals surface area contributed by atoms with Gasteiger partial charge < -0.3 is 10.0 Å². The minimum absolute atomic E-state index is 0. The number of phenolic OH excluding ortho intramolecular Hbond substituents is 1. The van der Waals surface area contributed by atoms with E-state index in [0.717, 1.165) is 61.8 Å². The Morgan fingerprint density at radius 3 is 1.69 bits per heavy atom. The number of aromatic hydroxyl groups is 1. The molecule has 1 atom stereocenters. The van der Waals surface area contributed by atoms with E-state index in [-0.39, 0.29) is 43.6 Å². The minimum atomic E-state index is -0.292. The Morgan fingerprint density at radius 1 is 0.557 bits per heavy atom. The number of nitrogens with zero attached hydrogens (tertiary/aromatic N) is 3. The van der Waals surface area contributed by atoms with Crippen molar-refractivity contribution in [3.63, 3.8) is 0 Å². The fourth-order valence-electron chi connectivity index (χ4n) is 7.78. The molecule has 5 heteroatoms. The first-order chi connectivity index (χ1) is 28.8. The van der Waals surface area contributed by atoms with Gasteiger partial charge in [-0.25, -0.2) is 4.98 Å². The van der Waals surface area contributed by atoms with Gasteiger partial charge in [0.2, 0.25) is 0 Å². The molecule has 6 aromatic carbocycles. The molecule has 0 aliphatic rings. The second-order valence-electron chi connectivity index (χ2n) is 17.7. The van der Waals surface area contributed by atoms with Crippen molar-refractivity contribution in [3.8, 4) is 50.5 Å². The molecule has 61 heavy (non-hydrogen) atoms. The topological polar surface area (TPSA) is 49.2 Å². The summed E-state index contributed by atoms with van der Waals surface area (Å²) in [5, 5.41) is 12.1. The van der Waals surface area contributed by atoms with Crippen LogP contribution in [-0.4, -0.2) is 15.1 Å². The summed E-state index contributed by atoms with van der Waals surface area (Å²) in [6.07, 6.45) is 1.83. The maximum absolute atomic E-state index is 12.1. The molecule has 8 rings (SSSR count). The summed E-state index contributed by atoms with van der Waals surface area (Å²) < 4.78 is 0. The van der Waals surface area contributed by atoms with E-state index in [2.05, 4.69) is 199 Å². The fourth-order valence-corrected chi connectivity index (χ4v) is 7.78. The van der Waals surface area contributed by atoms with Crippen molar-refractivity contribution in [1.29, 1.82) is 0 Å². The van der Waals surface area contributed by atoms with Crippen molar-refractivity contribution in [2.45, 2.75) is 65.2 Å². The van der Waals surface area contributed by atoms with Gasteiger partial charge in [-0.1, -0.05) is 175 Å². The summed E-state index contributed by atoms with van der Waals surface area (Å²) in [5.74, 6) is 1.27. The molecule has 0 spiro atoms. The average Bonchev–Trinajstić information content (AvgIpc) is 3.27. The number of hydrogen-bond donors (Lipinski definition) is 1. The molecule has 0 fully saturated rings. The Hall–Kier alpha value is -6.09. The number of hydrogen-bond acceptors (Lipinski definition) is 4. The van der Waals surface area contributed by atoms with Crippen LogP contribution < -0.4 is 4.90 Å². The number of anilines is 3. The Labute approximate surface area is 376 Å². The standard InChI is InChI=1S/C56H52N3O.Pt/c1-38(39-19-11-8-12-20-39)40-26-28-47(29-27-40)59(53-25-17-18-30-57-53)48-32-43(41-21-13-9-14-22-41)31-45(33-48)51-34-44(42-23-15-10-16-24-42)35-52(58-51)49-36-46(55(2,3)4)37-50(54(49)60)56(5,6)7;/h8-32,34-38,60H,1-7H3;/q-1;. The molecule has 8 aromatic rings. The van der Waals surface area contributed by atoms with Crippen LogP contribution in [0, 0.1) is 6.07 Å². The van der Waals surface area contributed by atoms with Crippen LogP contribution in [0.15, 0.2) is 176 Å². The molecule has 308 valence electrons. The third-order valence-electron chi connectivity index (χ3n) is 11.3. The van der Waals surface area contributed by atoms with Gasteiger partial charge in [-0.05, 0) is 92.0 Å². The summed E-state index contributed by atoms with van der Waals surface area (Å²) in [6, 6.07) is 62.9. The van der Waals surface area contributed by atoms with Crippen LogP contribution in [0.4, 0.5) is 17.2 Å². The first-order valence-corrected chi connectivity index (χ1v) is 20.8. The smallest absolute Gasteiger partial charge is 0.136 e. The molecule has 0 amide bonds. The number of phenols is 1. The Balaban J connectivity index is 0.00000561. The van der Waals surface area contributed by atoms with E-state index in [0.29, 0.717) is 11.3 Å². The van der Waals surface area contributed by atoms with Crippen molar-refractivity contribution in [1.82, 2.24) is 9.97 Å². The van der Waals surface area contributed by atoms with Gasteiger partial charge in [0.1, 0.15) is 11.6 Å². The minimum Gasteiger partial charge on any atom is -0.507 e. The van der Waals surface area contributed by atoms with Gasteiger partial charge in [-0.3, -0.25) is 4.98 Å². The Morgan fingerprint density at radius 2 is 1.11 bits per heavy atom. The van der Waals surface area contributed by atoms with Gasteiger partial charge >= 0.3 is 0 Å². The largest absolute Gasteiger partial charge is 0.507 e. The van der Waals surface area contributed by atoms with Crippen molar-refractivity contribution in [3.05, 3.63) is 204 Å². The van der Waals surface area contributed by atoms with E-state index in [1.165, 1.54) is 11.1 Å². The molecule has 0 saturated carbocycles. The van der Waals surface area contributed by atoms with E-state index in [1.54, 1.807) is 0 Å². The number of benzene rings is 6. The van der Waals surface area contributed by atoms with Gasteiger partial charge in [0.15, 0.2) is 0 Å². The van der Waals surface area contributed by atoms with E-state index in [4.69, 9.17) is 9.97 Å². The second-order valence-corrected chi connectivity index (χ2v) is 17.7. The van der Waals surface area contributed by atoms with E-state index in [1.807, 2.05) is 36.5 Å². The van der Waals surface area contributed by atoms with Crippen LogP contribution in [0.25, 0.3) is 44.8 Å². The summed E-state index contributed by atoms with van der Waals surface area (Å²) in [5.41, 5.74) is 13.0. The van der Waals surface area contributed by atoms with Crippen LogP contribution in [0.3, 0.4) is 0 Å². The molecule has 0 radical (unpaired) electrons. The predicted octanol–water partition coefficient (Wildman–Crippen LogP) is 14.9. The third-order valence-corrected chi connectivity index (χ3v) is 11.3. The molecule has 0 aliphatic carbocycles. The first-order valence-electron chi connectivity index (χ1n) is 20.8. The molecule has 1 N–H and O–H groups in total. The van der Waals surface area contributed by atoms with Crippen LogP contribution in [0.1, 0.15) is 76.6 Å². The van der Waals surface area contributed by atoms with Gasteiger partial charge in [0, 0.05) is 50.0 Å². The first kappa shape index (κ1) is 43.0. The maximum Gasteiger partial charge on any atom is 0.136 e. The summed E-state index contributed by atoms with van der Waals surface area (Å²) >= 11 is 0. The van der Waals surface area contributed by atoms with Gasteiger partial charge in [0.25, 0.3) is 0 Å². The van der Waals surface area contributed by atoms with E-state index in [9.17, 15) is 5.11 Å². The quantitative estimate of drug-likeness (QED) is 0.146. The molecule has 2 aromatic heterocycles. The van der Waals surface area contributed by atoms with Crippen LogP contribution in [-0.2, 0) is 31.9 Å². The molecular formula is C56H52N3OPt-. The monoisotopic (exact) mass is 977 g/mol. The Kier molecular flexibility index (Phi) is 12.6. The molecule has 0 saturated heterocycles. The van der Waals surface area contributed by atoms with Crippen molar-refractivity contribution in [2.75, 3.05) is 4.90 Å². The van der Waals surface area contributed by atoms with E-state index < -0.39 is 0 Å². The SMILES string of the molecule is CC(c1ccccc1)c1ccc(N(c2[c-]c(-c3cc(-c4ccccc4)cc(-c4cc(C(C)(C)C)cc(C(C)(C)C)c4O)n3)cc(-c3ccccc3)c2)c2ccccn2)cc1.[Pt]. The molecular weight excluding hydrogens is 926 g/mol. The predicted molar refractivity (Wildman–Crippen MR) is 250 cm³/mol. The average molecular weight is 978 g/mol. The van der Waals surface area contributed by atoms with Gasteiger partial charge in [0.05, 0.1) is 5.69 Å². The zero-order valence-electron chi connectivity index (χ0n) is 35.9. The van der Waals surface area contributed by atoms with Gasteiger partial charge in [-0.2, -0.15) is 0 Å². The van der Waals surface area contributed by atoms with Crippen LogP contribution in [0.5, 0.6) is 5.75 Å². The zero-order valence-corrected chi connectivity index (χ0v) is 38.2. The van der Waals surface area contributed by atoms with Crippen LogP contribution >= 0.6 is 0 Å². The van der Waals surface area contributed by atoms with Crippen LogP contribution in [0.2, 0.25) is 0 Å². The van der Waals surface area contributed by atoms with Crippen molar-refractivity contribution < 1.29 is 26.2 Å². The fraction of sp³-hybridized carbons (Fsp3) is 0.179. The van der Waals surface area contributed by atoms with Gasteiger partial charge in [-0.15, -0.1) is 23.8 Å². The third kappa shape index (κ3) is 9.46. The number of rotatable bonds is 9. The van der Waals surface area contributed by atoms with Crippen molar-refractivity contribution >= 4 is 17.2 Å². The van der Waals surface area contributed by atoms with E-state index >= 15 is 0 Å². The zero-order chi connectivity index (χ0) is 42.0. The molecule has 1 unspecified atom stereocenters. The molecule has 0 bridgehead atoms. The molecule has 2 heterocycles. The Bertz CT molecular complexity index is 2720. The summed E-state index contributed by atoms with van der Waals surface area (Å²) in [7, 11) is 0. The molecule has 4 nitrogen and oxygen atoms in total. The number of pyridine rings is 2. The summed E-state index contributed by atoms with van der Waals surface area (Å²) in [4.78, 5) is 12.5. The van der Waals surface area contributed by atoms with Crippen molar-refractivity contribution in [2.24, 2.45) is 0 Å². The molecule has 0 aliphatic heterocycles. The number of aromatic nitrogens is 2. The summed E-state index contributed by atoms with van der Waals surface area (Å²) in [6.45, 7) is 15.3. The maximum atomic E-state index is 12.1.